The Hall–Kier alpha value is -4.50. The van der Waals surface area contributed by atoms with Gasteiger partial charge in [-0.05, 0) is 43.4 Å². The molecule has 1 saturated heterocycles. The second-order valence-corrected chi connectivity index (χ2v) is 13.7. The predicted octanol–water partition coefficient (Wildman–Crippen LogP) is 1.02. The number of nitrogens with one attached hydrogen (secondary N) is 4. The molecule has 0 aliphatic carbocycles. The van der Waals surface area contributed by atoms with E-state index in [1.165, 1.54) is 16.2 Å². The zero-order valence-electron chi connectivity index (χ0n) is 27.5. The first-order valence-electron chi connectivity index (χ1n) is 16.3. The highest BCUT2D eigenvalue weighted by Crippen LogP contribution is 2.21. The number of nitrogens with zero attached hydrogens (tertiary/aromatic N) is 3. The zero-order chi connectivity index (χ0) is 34.5. The Bertz CT molecular complexity index is 1610. The molecule has 5 N–H and O–H groups in total. The second-order valence-electron chi connectivity index (χ2n) is 12.8. The summed E-state index contributed by atoms with van der Waals surface area (Å²) in [5.41, 5.74) is 0.868. The highest BCUT2D eigenvalue weighted by molar-refractivity contribution is 7.15. The van der Waals surface area contributed by atoms with Crippen LogP contribution in [0.1, 0.15) is 63.0 Å². The maximum absolute atomic E-state index is 13.8. The van der Waals surface area contributed by atoms with Crippen LogP contribution >= 0.6 is 11.3 Å². The van der Waals surface area contributed by atoms with E-state index in [0.717, 1.165) is 5.56 Å². The van der Waals surface area contributed by atoms with Crippen LogP contribution in [0.3, 0.4) is 0 Å². The minimum atomic E-state index is -1.08. The summed E-state index contributed by atoms with van der Waals surface area (Å²) in [4.78, 5) is 73.7. The van der Waals surface area contributed by atoms with Gasteiger partial charge in [0.25, 0.3) is 5.91 Å². The van der Waals surface area contributed by atoms with Gasteiger partial charge in [-0.3, -0.25) is 28.4 Å². The molecule has 3 aromatic rings. The molecular formula is C33H43N7O7S. The van der Waals surface area contributed by atoms with Crippen molar-refractivity contribution in [2.75, 3.05) is 13.2 Å². The molecule has 5 amide bonds. The number of fused-ring (bicyclic) bond motifs is 15. The third-order valence-corrected chi connectivity index (χ3v) is 9.27. The number of rotatable bonds is 5. The third kappa shape index (κ3) is 8.31. The first-order valence-corrected chi connectivity index (χ1v) is 17.1. The molecule has 3 aliphatic heterocycles. The second kappa shape index (κ2) is 15.2. The molecule has 5 heterocycles. The van der Waals surface area contributed by atoms with Crippen LogP contribution in [-0.4, -0.2) is 98.4 Å². The summed E-state index contributed by atoms with van der Waals surface area (Å²) in [6.45, 7) is 7.41. The van der Waals surface area contributed by atoms with Crippen molar-refractivity contribution in [1.29, 1.82) is 0 Å². The van der Waals surface area contributed by atoms with Gasteiger partial charge in [-0.15, -0.1) is 11.3 Å². The van der Waals surface area contributed by atoms with Crippen LogP contribution < -0.4 is 26.0 Å². The van der Waals surface area contributed by atoms with Gasteiger partial charge in [0.05, 0.1) is 12.1 Å². The molecular weight excluding hydrogens is 638 g/mol. The summed E-state index contributed by atoms with van der Waals surface area (Å²) in [6.07, 6.45) is 3.29. The maximum Gasteiger partial charge on any atom is 0.272 e. The Labute approximate surface area is 282 Å². The number of aliphatic hydroxyl groups excluding tert-OH is 1. The van der Waals surface area contributed by atoms with E-state index in [2.05, 4.69) is 26.3 Å². The van der Waals surface area contributed by atoms with Crippen LogP contribution in [0.15, 0.2) is 42.0 Å². The minimum Gasteiger partial charge on any atom is -0.491 e. The van der Waals surface area contributed by atoms with Gasteiger partial charge >= 0.3 is 0 Å². The highest BCUT2D eigenvalue weighted by Gasteiger charge is 2.42. The monoisotopic (exact) mass is 681 g/mol. The van der Waals surface area contributed by atoms with E-state index in [0.29, 0.717) is 17.1 Å². The van der Waals surface area contributed by atoms with Gasteiger partial charge in [0.2, 0.25) is 23.6 Å². The fourth-order valence-corrected chi connectivity index (χ4v) is 6.69. The number of hydrogen-bond acceptors (Lipinski definition) is 9. The third-order valence-electron chi connectivity index (χ3n) is 8.50. The number of imidazole rings is 1. The summed E-state index contributed by atoms with van der Waals surface area (Å²) in [7, 11) is 0. The predicted molar refractivity (Wildman–Crippen MR) is 177 cm³/mol. The van der Waals surface area contributed by atoms with E-state index in [4.69, 9.17) is 4.74 Å². The molecule has 258 valence electrons. The molecule has 2 bridgehead atoms. The van der Waals surface area contributed by atoms with Gasteiger partial charge in [-0.2, -0.15) is 0 Å². The molecule has 48 heavy (non-hydrogen) atoms. The number of carbonyl (C=O) groups is 5. The summed E-state index contributed by atoms with van der Waals surface area (Å²) in [6, 6.07) is 2.64. The van der Waals surface area contributed by atoms with Crippen molar-refractivity contribution in [2.24, 2.45) is 5.92 Å². The molecule has 3 aliphatic rings. The number of amides is 5. The van der Waals surface area contributed by atoms with Crippen molar-refractivity contribution >= 4 is 45.8 Å². The lowest BCUT2D eigenvalue weighted by Crippen LogP contribution is -2.58. The quantitative estimate of drug-likeness (QED) is 0.247. The molecule has 6 atom stereocenters. The van der Waals surface area contributed by atoms with Crippen LogP contribution in [0, 0.1) is 5.92 Å². The van der Waals surface area contributed by atoms with E-state index in [1.54, 1.807) is 54.9 Å². The molecule has 14 nitrogen and oxygen atoms in total. The van der Waals surface area contributed by atoms with Gasteiger partial charge in [0.15, 0.2) is 4.96 Å². The molecule has 0 radical (unpaired) electrons. The van der Waals surface area contributed by atoms with E-state index in [-0.39, 0.29) is 50.1 Å². The average Bonchev–Trinajstić information content (AvgIpc) is 3.77. The molecule has 0 spiro atoms. The van der Waals surface area contributed by atoms with Gasteiger partial charge in [-0.25, -0.2) is 4.98 Å². The van der Waals surface area contributed by atoms with Crippen molar-refractivity contribution in [3.8, 4) is 5.75 Å². The van der Waals surface area contributed by atoms with Crippen LogP contribution in [0.5, 0.6) is 5.75 Å². The van der Waals surface area contributed by atoms with Gasteiger partial charge in [0, 0.05) is 37.2 Å². The minimum absolute atomic E-state index is 0.0174. The standard InChI is InChI=1S/C33H43N7O7S/c1-5-24-32(46)40-15-22(41)14-27(40)31(45)34-19(4)28(42)35-21(12-18(2)3)17-47-23-8-6-20(7-9-23)13-25(29(43)36-24)37-30(44)26-16-39-10-11-48-33(39)38-26/h6-11,16,18-19,21-22,24-25,27,41H,5,12-15,17H2,1-4H3,(H,34,45)(H,35,42)(H,36,43)(H,37,44)/t19-,21+,22-,24+,25+,27+/m1/s1. The van der Waals surface area contributed by atoms with Crippen LogP contribution in [0.25, 0.3) is 4.96 Å². The Balaban J connectivity index is 1.44. The number of ether oxygens (including phenoxy) is 1. The number of carbonyl (C=O) groups excluding carboxylic acids is 5. The van der Waals surface area contributed by atoms with Gasteiger partial charge in [0.1, 0.15) is 42.2 Å². The van der Waals surface area contributed by atoms with Crippen LogP contribution in [-0.2, 0) is 25.6 Å². The Morgan fingerprint density at radius 3 is 2.54 bits per heavy atom. The Morgan fingerprint density at radius 1 is 1.10 bits per heavy atom. The molecule has 2 aromatic heterocycles. The summed E-state index contributed by atoms with van der Waals surface area (Å²) < 4.78 is 7.74. The largest absolute Gasteiger partial charge is 0.491 e. The average molecular weight is 682 g/mol. The number of thiazole rings is 1. The van der Waals surface area contributed by atoms with Crippen LogP contribution in [0.4, 0.5) is 0 Å². The summed E-state index contributed by atoms with van der Waals surface area (Å²) in [5, 5.41) is 23.5. The fourth-order valence-electron chi connectivity index (χ4n) is 5.99. The maximum atomic E-state index is 13.8. The number of benzene rings is 1. The molecule has 0 saturated carbocycles. The lowest BCUT2D eigenvalue weighted by molar-refractivity contribution is -0.142. The van der Waals surface area contributed by atoms with E-state index < -0.39 is 59.8 Å². The van der Waals surface area contributed by atoms with E-state index in [9.17, 15) is 29.1 Å². The molecule has 1 aromatic carbocycles. The van der Waals surface area contributed by atoms with Gasteiger partial charge in [-0.1, -0.05) is 32.9 Å². The zero-order valence-corrected chi connectivity index (χ0v) is 28.3. The Kier molecular flexibility index (Phi) is 11.0. The van der Waals surface area contributed by atoms with E-state index >= 15 is 0 Å². The highest BCUT2D eigenvalue weighted by atomic mass is 32.1. The number of hydrogen-bond donors (Lipinski definition) is 5. The van der Waals surface area contributed by atoms with Crippen molar-refractivity contribution in [1.82, 2.24) is 35.6 Å². The van der Waals surface area contributed by atoms with Crippen molar-refractivity contribution in [2.45, 2.75) is 89.7 Å². The van der Waals surface area contributed by atoms with Crippen LogP contribution in [0.2, 0.25) is 0 Å². The normalized spacial score (nSPS) is 26.1. The molecule has 0 unspecified atom stereocenters. The van der Waals surface area contributed by atoms with Gasteiger partial charge < -0.3 is 36.0 Å². The first kappa shape index (κ1) is 34.8. The van der Waals surface area contributed by atoms with Crippen molar-refractivity contribution in [3.63, 3.8) is 0 Å². The van der Waals surface area contributed by atoms with Crippen molar-refractivity contribution < 1.29 is 33.8 Å². The molecule has 15 heteroatoms. The number of aliphatic hydroxyl groups is 1. The summed E-state index contributed by atoms with van der Waals surface area (Å²) >= 11 is 1.37. The number of aromatic nitrogens is 2. The van der Waals surface area contributed by atoms with E-state index in [1.807, 2.05) is 19.2 Å². The Morgan fingerprint density at radius 2 is 1.85 bits per heavy atom. The fraction of sp³-hybridized carbons (Fsp3) is 0.515. The van der Waals surface area contributed by atoms with Crippen molar-refractivity contribution in [3.05, 3.63) is 53.3 Å². The lowest BCUT2D eigenvalue weighted by atomic mass is 10.0. The molecule has 6 rings (SSSR count). The summed E-state index contributed by atoms with van der Waals surface area (Å²) in [5.74, 6) is -1.88. The lowest BCUT2D eigenvalue weighted by Gasteiger charge is -2.30. The topological polar surface area (TPSA) is 183 Å². The first-order chi connectivity index (χ1) is 22.9. The molecule has 1 fully saturated rings. The SMILES string of the molecule is CC[C@@H]1NC(=O)[C@@H](NC(=O)c2cn3ccsc3n2)Cc2ccc(cc2)OC[C@H](CC(C)C)NC(=O)[C@@H](C)NC(=O)[C@@H]2C[C@@H](O)CN2C1=O. The smallest absolute Gasteiger partial charge is 0.272 e.